The first-order valence-corrected chi connectivity index (χ1v) is 8.73. The molecule has 1 unspecified atom stereocenters. The molecule has 1 saturated heterocycles. The number of likely N-dealkylation sites (tertiary alicyclic amines) is 1. The van der Waals surface area contributed by atoms with Gasteiger partial charge in [0.15, 0.2) is 0 Å². The summed E-state index contributed by atoms with van der Waals surface area (Å²) in [5, 5.41) is 2.79. The summed E-state index contributed by atoms with van der Waals surface area (Å²) in [5.74, 6) is -0.111. The van der Waals surface area contributed by atoms with Crippen molar-refractivity contribution in [3.63, 3.8) is 0 Å². The van der Waals surface area contributed by atoms with Crippen LogP contribution in [0.2, 0.25) is 0 Å². The minimum atomic E-state index is -0.509. The number of alkyl carbamates (subject to hydrolysis) is 1. The molecule has 5 nitrogen and oxygen atoms in total. The van der Waals surface area contributed by atoms with Gasteiger partial charge < -0.3 is 15.0 Å². The molecule has 3 rings (SSSR count). The predicted octanol–water partition coefficient (Wildman–Crippen LogP) is 3.57. The molecule has 26 heavy (non-hydrogen) atoms. The maximum atomic E-state index is 12.4. The second-order valence-corrected chi connectivity index (χ2v) is 6.14. The molecule has 0 spiro atoms. The predicted molar refractivity (Wildman–Crippen MR) is 100.0 cm³/mol. The summed E-state index contributed by atoms with van der Waals surface area (Å²) in [6.07, 6.45) is 4.08. The Kier molecular flexibility index (Phi) is 6.04. The molecule has 0 aliphatic carbocycles. The normalized spacial score (nSPS) is 16.6. The highest BCUT2D eigenvalue weighted by atomic mass is 16.5. The number of benzene rings is 2. The fourth-order valence-electron chi connectivity index (χ4n) is 2.91. The van der Waals surface area contributed by atoms with Crippen LogP contribution in [0.1, 0.15) is 24.0 Å². The maximum Gasteiger partial charge on any atom is 0.409 e. The quantitative estimate of drug-likeness (QED) is 0.839. The number of nitrogens with zero attached hydrogens (tertiary/aromatic N) is 1. The van der Waals surface area contributed by atoms with E-state index in [2.05, 4.69) is 5.32 Å². The average Bonchev–Trinajstić information content (AvgIpc) is 3.14. The Morgan fingerprint density at radius 1 is 1.08 bits per heavy atom. The van der Waals surface area contributed by atoms with E-state index in [0.29, 0.717) is 6.54 Å². The maximum absolute atomic E-state index is 12.4. The van der Waals surface area contributed by atoms with Gasteiger partial charge in [0.1, 0.15) is 12.8 Å². The molecule has 0 saturated carbocycles. The molecule has 2 aromatic carbocycles. The minimum Gasteiger partial charge on any atom is -0.445 e. The molecule has 1 atom stereocenters. The lowest BCUT2D eigenvalue weighted by Crippen LogP contribution is -2.46. The van der Waals surface area contributed by atoms with Crippen molar-refractivity contribution in [2.45, 2.75) is 25.6 Å². The zero-order valence-corrected chi connectivity index (χ0v) is 14.5. The highest BCUT2D eigenvalue weighted by Crippen LogP contribution is 2.16. The molecule has 134 valence electrons. The van der Waals surface area contributed by atoms with Crippen LogP contribution in [0.15, 0.2) is 66.7 Å². The van der Waals surface area contributed by atoms with E-state index in [4.69, 9.17) is 4.74 Å². The van der Waals surface area contributed by atoms with Gasteiger partial charge in [-0.25, -0.2) is 4.79 Å². The van der Waals surface area contributed by atoms with Crippen LogP contribution in [-0.4, -0.2) is 29.6 Å². The summed E-state index contributed by atoms with van der Waals surface area (Å²) in [7, 11) is 0. The van der Waals surface area contributed by atoms with Gasteiger partial charge in [-0.3, -0.25) is 4.79 Å². The van der Waals surface area contributed by atoms with E-state index in [-0.39, 0.29) is 18.7 Å². The lowest BCUT2D eigenvalue weighted by molar-refractivity contribution is -0.127. The van der Waals surface area contributed by atoms with Crippen LogP contribution in [0.4, 0.5) is 4.79 Å². The van der Waals surface area contributed by atoms with E-state index in [1.165, 1.54) is 0 Å². The van der Waals surface area contributed by atoms with Crippen LogP contribution in [0, 0.1) is 0 Å². The van der Waals surface area contributed by atoms with Crippen molar-refractivity contribution in [1.82, 2.24) is 10.2 Å². The second-order valence-electron chi connectivity index (χ2n) is 6.14. The standard InChI is InChI=1S/C21H22N2O3/c24-20(14-13-17-8-3-1-4-9-17)23-15-7-12-19(23)22-21(25)26-16-18-10-5-2-6-11-18/h1-6,8-11,13-14,19H,7,12,15-16H2,(H,22,25). The third-order valence-electron chi connectivity index (χ3n) is 4.25. The summed E-state index contributed by atoms with van der Waals surface area (Å²) in [5.41, 5.74) is 1.89. The summed E-state index contributed by atoms with van der Waals surface area (Å²) in [6.45, 7) is 0.836. The Labute approximate surface area is 153 Å². The number of hydrogen-bond donors (Lipinski definition) is 1. The van der Waals surface area contributed by atoms with E-state index in [9.17, 15) is 9.59 Å². The SMILES string of the molecule is O=C(NC1CCCN1C(=O)C=Cc1ccccc1)OCc1ccccc1. The van der Waals surface area contributed by atoms with Crippen molar-refractivity contribution in [1.29, 1.82) is 0 Å². The lowest BCUT2D eigenvalue weighted by atomic mass is 10.2. The molecular weight excluding hydrogens is 328 g/mol. The molecule has 2 amide bonds. The Balaban J connectivity index is 1.51. The first-order chi connectivity index (χ1) is 12.7. The highest BCUT2D eigenvalue weighted by Gasteiger charge is 2.29. The van der Waals surface area contributed by atoms with E-state index >= 15 is 0 Å². The third kappa shape index (κ3) is 4.96. The van der Waals surface area contributed by atoms with E-state index in [1.807, 2.05) is 60.7 Å². The van der Waals surface area contributed by atoms with E-state index in [1.54, 1.807) is 17.1 Å². The Hall–Kier alpha value is -3.08. The fraction of sp³-hybridized carbons (Fsp3) is 0.238. The zero-order chi connectivity index (χ0) is 18.2. The smallest absolute Gasteiger partial charge is 0.409 e. The number of hydrogen-bond acceptors (Lipinski definition) is 3. The van der Waals surface area contributed by atoms with Crippen LogP contribution in [0.5, 0.6) is 0 Å². The molecule has 1 aliphatic rings. The number of nitrogens with one attached hydrogen (secondary N) is 1. The Bertz CT molecular complexity index is 759. The highest BCUT2D eigenvalue weighted by molar-refractivity contribution is 5.92. The zero-order valence-electron chi connectivity index (χ0n) is 14.5. The Morgan fingerprint density at radius 3 is 2.50 bits per heavy atom. The summed E-state index contributed by atoms with van der Waals surface area (Å²) in [6, 6.07) is 19.1. The first-order valence-electron chi connectivity index (χ1n) is 8.73. The van der Waals surface area contributed by atoms with Crippen molar-refractivity contribution in [2.24, 2.45) is 0 Å². The van der Waals surface area contributed by atoms with Gasteiger partial charge in [-0.2, -0.15) is 0 Å². The molecule has 1 N–H and O–H groups in total. The Morgan fingerprint density at radius 2 is 1.77 bits per heavy atom. The van der Waals surface area contributed by atoms with Gasteiger partial charge in [0.25, 0.3) is 0 Å². The van der Waals surface area contributed by atoms with E-state index in [0.717, 1.165) is 24.0 Å². The number of rotatable bonds is 5. The van der Waals surface area contributed by atoms with Gasteiger partial charge in [-0.05, 0) is 30.0 Å². The van der Waals surface area contributed by atoms with Crippen LogP contribution >= 0.6 is 0 Å². The van der Waals surface area contributed by atoms with E-state index < -0.39 is 6.09 Å². The summed E-state index contributed by atoms with van der Waals surface area (Å²) >= 11 is 0. The second kappa shape index (κ2) is 8.85. The largest absolute Gasteiger partial charge is 0.445 e. The summed E-state index contributed by atoms with van der Waals surface area (Å²) in [4.78, 5) is 26.1. The van der Waals surface area contributed by atoms with Gasteiger partial charge in [-0.15, -0.1) is 0 Å². The molecule has 0 aromatic heterocycles. The van der Waals surface area contributed by atoms with Gasteiger partial charge in [0.2, 0.25) is 5.91 Å². The van der Waals surface area contributed by atoms with Gasteiger partial charge in [0.05, 0.1) is 0 Å². The molecule has 0 bridgehead atoms. The number of ether oxygens (including phenoxy) is 1. The van der Waals surface area contributed by atoms with Crippen molar-refractivity contribution >= 4 is 18.1 Å². The molecule has 1 heterocycles. The summed E-state index contributed by atoms with van der Waals surface area (Å²) < 4.78 is 5.24. The molecule has 2 aromatic rings. The third-order valence-corrected chi connectivity index (χ3v) is 4.25. The minimum absolute atomic E-state index is 0.111. The van der Waals surface area contributed by atoms with Gasteiger partial charge in [0, 0.05) is 12.6 Å². The number of carbonyl (C=O) groups excluding carboxylic acids is 2. The average molecular weight is 350 g/mol. The van der Waals surface area contributed by atoms with Crippen molar-refractivity contribution in [3.05, 3.63) is 77.9 Å². The van der Waals surface area contributed by atoms with Crippen molar-refractivity contribution in [2.75, 3.05) is 6.54 Å². The fourth-order valence-corrected chi connectivity index (χ4v) is 2.91. The van der Waals surface area contributed by atoms with Gasteiger partial charge in [-0.1, -0.05) is 60.7 Å². The lowest BCUT2D eigenvalue weighted by Gasteiger charge is -2.24. The molecule has 0 radical (unpaired) electrons. The first kappa shape index (κ1) is 17.7. The van der Waals surface area contributed by atoms with Gasteiger partial charge >= 0.3 is 6.09 Å². The molecule has 1 aliphatic heterocycles. The molecular formula is C21H22N2O3. The monoisotopic (exact) mass is 350 g/mol. The molecule has 5 heteroatoms. The number of amides is 2. The number of carbonyl (C=O) groups is 2. The van der Waals surface area contributed by atoms with Crippen LogP contribution in [-0.2, 0) is 16.1 Å². The van der Waals surface area contributed by atoms with Crippen molar-refractivity contribution < 1.29 is 14.3 Å². The molecule has 1 fully saturated rings. The van der Waals surface area contributed by atoms with Crippen LogP contribution in [0.3, 0.4) is 0 Å². The van der Waals surface area contributed by atoms with Crippen molar-refractivity contribution in [3.8, 4) is 0 Å². The topological polar surface area (TPSA) is 58.6 Å². The van der Waals surface area contributed by atoms with Crippen LogP contribution < -0.4 is 5.32 Å². The van der Waals surface area contributed by atoms with Crippen LogP contribution in [0.25, 0.3) is 6.08 Å².